The van der Waals surface area contributed by atoms with Crippen LogP contribution < -0.4 is 19.5 Å². The predicted octanol–water partition coefficient (Wildman–Crippen LogP) is 3.48. The molecule has 0 saturated carbocycles. The van der Waals surface area contributed by atoms with E-state index < -0.39 is 34.1 Å². The van der Waals surface area contributed by atoms with Crippen molar-refractivity contribution in [1.29, 1.82) is 0 Å². The number of hydrogen-bond donors (Lipinski definition) is 3. The van der Waals surface area contributed by atoms with Crippen LogP contribution in [0.4, 0.5) is 16.2 Å². The Morgan fingerprint density at radius 1 is 1.23 bits per heavy atom. The minimum atomic E-state index is -4.18. The molecule has 13 nitrogen and oxygen atoms in total. The Morgan fingerprint density at radius 3 is 2.53 bits per heavy atom. The summed E-state index contributed by atoms with van der Waals surface area (Å²) < 4.78 is 46.0. The van der Waals surface area contributed by atoms with Gasteiger partial charge in [0.05, 0.1) is 37.6 Å². The smallest absolute Gasteiger partial charge is 0.321 e. The third-order valence-electron chi connectivity index (χ3n) is 7.31. The summed E-state index contributed by atoms with van der Waals surface area (Å²) in [4.78, 5) is 29.7. The van der Waals surface area contributed by atoms with Crippen molar-refractivity contribution in [2.45, 2.75) is 44.7 Å². The molecule has 0 spiro atoms. The summed E-state index contributed by atoms with van der Waals surface area (Å²) in [5, 5.41) is 16.5. The molecule has 2 aromatic carbocycles. The molecule has 0 radical (unpaired) electrons. The van der Waals surface area contributed by atoms with Gasteiger partial charge in [0.15, 0.2) is 16.4 Å². The summed E-state index contributed by atoms with van der Waals surface area (Å²) in [6, 6.07) is 10.5. The molecular weight excluding hydrogens is 578 g/mol. The number of aromatic nitrogens is 1. The lowest BCUT2D eigenvalue weighted by Crippen LogP contribution is -2.50. The first-order chi connectivity index (χ1) is 20.4. The van der Waals surface area contributed by atoms with Crippen LogP contribution in [0.15, 0.2) is 51.9 Å². The molecule has 3 amide bonds. The van der Waals surface area contributed by atoms with E-state index in [0.717, 1.165) is 0 Å². The highest BCUT2D eigenvalue weighted by molar-refractivity contribution is 7.92. The highest BCUT2D eigenvalue weighted by atomic mass is 32.2. The quantitative estimate of drug-likeness (QED) is 0.327. The van der Waals surface area contributed by atoms with Crippen molar-refractivity contribution in [3.8, 4) is 11.5 Å². The number of aliphatic hydroxyl groups excluding tert-OH is 1. The van der Waals surface area contributed by atoms with E-state index in [0.29, 0.717) is 11.4 Å². The second-order valence-corrected chi connectivity index (χ2v) is 12.2. The molecule has 1 aliphatic heterocycles. The zero-order valence-electron chi connectivity index (χ0n) is 24.9. The molecule has 2 heterocycles. The second kappa shape index (κ2) is 12.9. The van der Waals surface area contributed by atoms with Gasteiger partial charge < -0.3 is 34.2 Å². The first kappa shape index (κ1) is 31.6. The topological polar surface area (TPSA) is 164 Å². The predicted molar refractivity (Wildman–Crippen MR) is 159 cm³/mol. The zero-order chi connectivity index (χ0) is 31.5. The number of benzene rings is 2. The van der Waals surface area contributed by atoms with E-state index in [4.69, 9.17) is 14.0 Å². The van der Waals surface area contributed by atoms with Gasteiger partial charge in [0.25, 0.3) is 15.9 Å². The molecule has 0 unspecified atom stereocenters. The number of sulfonamides is 1. The molecule has 0 fully saturated rings. The minimum Gasteiger partial charge on any atom is -0.497 e. The molecule has 43 heavy (non-hydrogen) atoms. The van der Waals surface area contributed by atoms with E-state index in [-0.39, 0.29) is 59.0 Å². The van der Waals surface area contributed by atoms with Crippen molar-refractivity contribution in [1.82, 2.24) is 15.0 Å². The maximum absolute atomic E-state index is 13.7. The highest BCUT2D eigenvalue weighted by Gasteiger charge is 2.36. The monoisotopic (exact) mass is 615 g/mol. The molecule has 232 valence electrons. The van der Waals surface area contributed by atoms with Crippen LogP contribution in [0.2, 0.25) is 0 Å². The molecule has 3 atom stereocenters. The van der Waals surface area contributed by atoms with Crippen LogP contribution in [0.3, 0.4) is 0 Å². The fraction of sp³-hybridized carbons (Fsp3) is 0.414. The van der Waals surface area contributed by atoms with Gasteiger partial charge in [0.1, 0.15) is 17.5 Å². The Bertz CT molecular complexity index is 1550. The van der Waals surface area contributed by atoms with E-state index in [1.54, 1.807) is 51.4 Å². The number of para-hydroxylation sites is 1. The Kier molecular flexibility index (Phi) is 9.50. The van der Waals surface area contributed by atoms with Crippen LogP contribution in [0, 0.1) is 19.8 Å². The Morgan fingerprint density at radius 2 is 1.93 bits per heavy atom. The zero-order valence-corrected chi connectivity index (χ0v) is 25.8. The largest absolute Gasteiger partial charge is 0.497 e. The average molecular weight is 616 g/mol. The fourth-order valence-corrected chi connectivity index (χ4v) is 6.24. The molecular formula is C29H37N5O8S. The number of likely N-dealkylation sites (N-methyl/N-ethyl adjacent to an activating group) is 1. The van der Waals surface area contributed by atoms with Crippen LogP contribution >= 0.6 is 0 Å². The number of hydrogen-bond acceptors (Lipinski definition) is 9. The van der Waals surface area contributed by atoms with E-state index in [9.17, 15) is 23.1 Å². The first-order valence-corrected chi connectivity index (χ1v) is 15.2. The molecule has 3 N–H and O–H groups in total. The van der Waals surface area contributed by atoms with Crippen LogP contribution in [0.5, 0.6) is 11.5 Å². The molecule has 0 bridgehead atoms. The van der Waals surface area contributed by atoms with Crippen LogP contribution in [0.25, 0.3) is 0 Å². The van der Waals surface area contributed by atoms with Gasteiger partial charge in [0, 0.05) is 25.2 Å². The molecule has 4 rings (SSSR count). The highest BCUT2D eigenvalue weighted by Crippen LogP contribution is 2.36. The number of fused-ring (bicyclic) bond motifs is 1. The minimum absolute atomic E-state index is 0.0125. The van der Waals surface area contributed by atoms with Crippen molar-refractivity contribution in [2.75, 3.05) is 43.9 Å². The number of aliphatic hydroxyl groups is 1. The number of rotatable bonds is 9. The van der Waals surface area contributed by atoms with Gasteiger partial charge in [0.2, 0.25) is 0 Å². The Balaban J connectivity index is 1.68. The van der Waals surface area contributed by atoms with Gasteiger partial charge in [-0.25, -0.2) is 13.2 Å². The number of carbonyl (C=O) groups is 2. The molecule has 0 saturated heterocycles. The SMILES string of the molecule is COc1ccc(NC(=O)N(C)C[C@@H]2Oc3c(NS(=O)(=O)c4c(C)noc4C)cccc3C(=O)N([C@H](C)CO)C[C@@H]2C)cc1. The number of urea groups is 1. The fourth-order valence-electron chi connectivity index (χ4n) is 4.84. The van der Waals surface area contributed by atoms with Crippen molar-refractivity contribution in [3.63, 3.8) is 0 Å². The number of ether oxygens (including phenoxy) is 2. The first-order valence-electron chi connectivity index (χ1n) is 13.7. The van der Waals surface area contributed by atoms with Gasteiger partial charge in [-0.1, -0.05) is 18.1 Å². The summed E-state index contributed by atoms with van der Waals surface area (Å²) in [7, 11) is -1.01. The third kappa shape index (κ3) is 6.86. The standard InChI is InChI=1S/C29H37N5O8S/c1-17-14-34(18(2)16-35)28(36)23-8-7-9-24(32-43(38,39)27-19(3)31-42-20(27)4)26(23)41-25(17)15-33(5)29(37)30-21-10-12-22(40-6)13-11-21/h7-13,17-18,25,32,35H,14-16H2,1-6H3,(H,30,37)/t17-,18+,25-/m0/s1. The summed E-state index contributed by atoms with van der Waals surface area (Å²) in [6.45, 7) is 6.65. The van der Waals surface area contributed by atoms with Crippen molar-refractivity contribution in [2.24, 2.45) is 5.92 Å². The Hall–Kier alpha value is -4.30. The van der Waals surface area contributed by atoms with Crippen molar-refractivity contribution in [3.05, 3.63) is 59.5 Å². The lowest BCUT2D eigenvalue weighted by molar-refractivity contribution is 0.0373. The number of nitrogens with one attached hydrogen (secondary N) is 2. The normalized spacial score (nSPS) is 17.7. The summed E-state index contributed by atoms with van der Waals surface area (Å²) >= 11 is 0. The van der Waals surface area contributed by atoms with E-state index >= 15 is 0 Å². The third-order valence-corrected chi connectivity index (χ3v) is 8.92. The van der Waals surface area contributed by atoms with Gasteiger partial charge in [-0.2, -0.15) is 0 Å². The molecule has 1 aliphatic rings. The molecule has 1 aromatic heterocycles. The van der Waals surface area contributed by atoms with Crippen molar-refractivity contribution < 1.29 is 37.1 Å². The van der Waals surface area contributed by atoms with E-state index in [2.05, 4.69) is 15.2 Å². The molecule has 0 aliphatic carbocycles. The summed E-state index contributed by atoms with van der Waals surface area (Å²) in [5.41, 5.74) is 0.896. The van der Waals surface area contributed by atoms with Gasteiger partial charge in [-0.15, -0.1) is 0 Å². The maximum Gasteiger partial charge on any atom is 0.321 e. The number of aryl methyl sites for hydroxylation is 2. The van der Waals surface area contributed by atoms with E-state index in [1.807, 2.05) is 6.92 Å². The van der Waals surface area contributed by atoms with Gasteiger partial charge in [-0.3, -0.25) is 9.52 Å². The maximum atomic E-state index is 13.7. The number of nitrogens with zero attached hydrogens (tertiary/aromatic N) is 3. The molecule has 14 heteroatoms. The van der Waals surface area contributed by atoms with Crippen LogP contribution in [-0.2, 0) is 10.0 Å². The van der Waals surface area contributed by atoms with Gasteiger partial charge >= 0.3 is 6.03 Å². The van der Waals surface area contributed by atoms with Crippen LogP contribution in [0.1, 0.15) is 35.7 Å². The Labute approximate surface area is 250 Å². The summed E-state index contributed by atoms with van der Waals surface area (Å²) in [6.07, 6.45) is -0.670. The lowest BCUT2D eigenvalue weighted by atomic mass is 9.99. The number of carbonyl (C=O) groups excluding carboxylic acids is 2. The van der Waals surface area contributed by atoms with Crippen LogP contribution in [-0.4, -0.2) is 86.4 Å². The lowest BCUT2D eigenvalue weighted by Gasteiger charge is -2.38. The van der Waals surface area contributed by atoms with E-state index in [1.165, 1.54) is 35.8 Å². The summed E-state index contributed by atoms with van der Waals surface area (Å²) in [5.74, 6) is 0.0254. The van der Waals surface area contributed by atoms with Crippen molar-refractivity contribution >= 4 is 33.3 Å². The second-order valence-electron chi connectivity index (χ2n) is 10.6. The van der Waals surface area contributed by atoms with Gasteiger partial charge in [-0.05, 0) is 57.2 Å². The number of methoxy groups -OCH3 is 1. The average Bonchev–Trinajstić information content (AvgIpc) is 3.33. The number of amides is 3. The number of anilines is 2. The molecule has 3 aromatic rings.